The highest BCUT2D eigenvalue weighted by atomic mass is 32.2. The van der Waals surface area contributed by atoms with Gasteiger partial charge in [0.2, 0.25) is 0 Å². The zero-order valence-corrected chi connectivity index (χ0v) is 17.3. The van der Waals surface area contributed by atoms with Crippen LogP contribution in [0.2, 0.25) is 0 Å². The van der Waals surface area contributed by atoms with E-state index < -0.39 is 9.84 Å². The molecule has 1 N–H and O–H groups in total. The first kappa shape index (κ1) is 20.6. The van der Waals surface area contributed by atoms with E-state index in [-0.39, 0.29) is 16.8 Å². The van der Waals surface area contributed by atoms with E-state index >= 15 is 0 Å². The average molecular weight is 401 g/mol. The number of carbonyl (C=O) groups excluding carboxylic acids is 1. The van der Waals surface area contributed by atoms with Crippen LogP contribution < -0.4 is 5.32 Å². The van der Waals surface area contributed by atoms with Gasteiger partial charge in [0.15, 0.2) is 9.84 Å². The maximum absolute atomic E-state index is 12.5. The van der Waals surface area contributed by atoms with E-state index in [1.54, 1.807) is 24.3 Å². The molecular formula is C22H28N2O3S. The van der Waals surface area contributed by atoms with Crippen LogP contribution in [0.15, 0.2) is 53.4 Å². The zero-order valence-electron chi connectivity index (χ0n) is 16.5. The first-order chi connectivity index (χ1) is 13.3. The average Bonchev–Trinajstić information content (AvgIpc) is 2.68. The predicted octanol–water partition coefficient (Wildman–Crippen LogP) is 3.57. The highest BCUT2D eigenvalue weighted by Gasteiger charge is 2.14. The van der Waals surface area contributed by atoms with E-state index in [9.17, 15) is 13.2 Å². The summed E-state index contributed by atoms with van der Waals surface area (Å²) in [5.41, 5.74) is 2.72. The Balaban J connectivity index is 1.59. The molecule has 1 aliphatic heterocycles. The largest absolute Gasteiger partial charge is 0.346 e. The first-order valence-electron chi connectivity index (χ1n) is 9.75. The second-order valence-electron chi connectivity index (χ2n) is 7.57. The lowest BCUT2D eigenvalue weighted by Crippen LogP contribution is -2.29. The van der Waals surface area contributed by atoms with Crippen molar-refractivity contribution in [3.63, 3.8) is 0 Å². The molecule has 3 rings (SSSR count). The molecular weight excluding hydrogens is 372 g/mol. The molecule has 1 amide bonds. The van der Waals surface area contributed by atoms with E-state index in [1.807, 2.05) is 31.2 Å². The normalized spacial score (nSPS) is 16.5. The Kier molecular flexibility index (Phi) is 6.52. The fourth-order valence-corrected chi connectivity index (χ4v) is 4.13. The zero-order chi connectivity index (χ0) is 20.1. The third-order valence-corrected chi connectivity index (χ3v) is 6.36. The molecule has 1 saturated heterocycles. The summed E-state index contributed by atoms with van der Waals surface area (Å²) in [6.45, 7) is 5.12. The Morgan fingerprint density at radius 1 is 1.00 bits per heavy atom. The molecule has 0 aromatic heterocycles. The summed E-state index contributed by atoms with van der Waals surface area (Å²) in [4.78, 5) is 15.3. The molecule has 0 bridgehead atoms. The highest BCUT2D eigenvalue weighted by molar-refractivity contribution is 7.90. The molecule has 0 radical (unpaired) electrons. The number of amides is 1. The molecule has 1 fully saturated rings. The number of carbonyl (C=O) groups is 1. The molecule has 1 heterocycles. The van der Waals surface area contributed by atoms with Crippen molar-refractivity contribution in [1.82, 2.24) is 10.2 Å². The lowest BCUT2D eigenvalue weighted by atomic mass is 10.1. The maximum atomic E-state index is 12.5. The van der Waals surface area contributed by atoms with Crippen molar-refractivity contribution in [2.45, 2.75) is 43.7 Å². The summed E-state index contributed by atoms with van der Waals surface area (Å²) >= 11 is 0. The monoisotopic (exact) mass is 400 g/mol. The fraction of sp³-hybridized carbons (Fsp3) is 0.409. The quantitative estimate of drug-likeness (QED) is 0.805. The van der Waals surface area contributed by atoms with Crippen LogP contribution in [0.1, 0.15) is 53.7 Å². The lowest BCUT2D eigenvalue weighted by molar-refractivity contribution is 0.0940. The molecule has 1 aliphatic rings. The van der Waals surface area contributed by atoms with Crippen molar-refractivity contribution >= 4 is 15.7 Å². The van der Waals surface area contributed by atoms with Crippen LogP contribution in [0.25, 0.3) is 0 Å². The smallest absolute Gasteiger partial charge is 0.251 e. The van der Waals surface area contributed by atoms with Gasteiger partial charge < -0.3 is 5.32 Å². The maximum Gasteiger partial charge on any atom is 0.251 e. The van der Waals surface area contributed by atoms with Gasteiger partial charge in [-0.2, -0.15) is 0 Å². The second-order valence-corrected chi connectivity index (χ2v) is 9.59. The standard InChI is InChI=1S/C22H28N2O3S/c1-17(19-10-12-21(13-11-19)28(2,26)27)23-22(25)20-8-6-18(7-9-20)16-24-14-4-3-5-15-24/h6-13,17H,3-5,14-16H2,1-2H3,(H,23,25)/t17-/m0/s1. The molecule has 150 valence electrons. The van der Waals surface area contributed by atoms with Gasteiger partial charge >= 0.3 is 0 Å². The molecule has 0 saturated carbocycles. The van der Waals surface area contributed by atoms with Gasteiger partial charge in [0.1, 0.15) is 0 Å². The SMILES string of the molecule is C[C@H](NC(=O)c1ccc(CN2CCCCC2)cc1)c1ccc(S(C)(=O)=O)cc1. The van der Waals surface area contributed by atoms with Gasteiger partial charge in [-0.3, -0.25) is 9.69 Å². The van der Waals surface area contributed by atoms with Gasteiger partial charge in [-0.1, -0.05) is 30.7 Å². The van der Waals surface area contributed by atoms with Crippen LogP contribution in [-0.2, 0) is 16.4 Å². The third kappa shape index (κ3) is 5.42. The van der Waals surface area contributed by atoms with Gasteiger partial charge in [0, 0.05) is 18.4 Å². The lowest BCUT2D eigenvalue weighted by Gasteiger charge is -2.26. The Bertz CT molecular complexity index is 900. The molecule has 1 atom stereocenters. The minimum atomic E-state index is -3.22. The number of sulfone groups is 1. The van der Waals surface area contributed by atoms with Crippen LogP contribution in [0.4, 0.5) is 0 Å². The van der Waals surface area contributed by atoms with Crippen molar-refractivity contribution in [3.05, 3.63) is 65.2 Å². The van der Waals surface area contributed by atoms with Crippen molar-refractivity contribution in [2.75, 3.05) is 19.3 Å². The Morgan fingerprint density at radius 3 is 2.18 bits per heavy atom. The number of nitrogens with zero attached hydrogens (tertiary/aromatic N) is 1. The van der Waals surface area contributed by atoms with Crippen molar-refractivity contribution < 1.29 is 13.2 Å². The molecule has 2 aromatic carbocycles. The molecule has 2 aromatic rings. The summed E-state index contributed by atoms with van der Waals surface area (Å²) in [5.74, 6) is -0.135. The number of rotatable bonds is 6. The second kappa shape index (κ2) is 8.88. The Labute approximate surface area is 167 Å². The molecule has 6 heteroatoms. The molecule has 5 nitrogen and oxygen atoms in total. The van der Waals surface area contributed by atoms with Crippen molar-refractivity contribution in [2.24, 2.45) is 0 Å². The van der Waals surface area contributed by atoms with E-state index in [0.717, 1.165) is 25.2 Å². The molecule has 28 heavy (non-hydrogen) atoms. The predicted molar refractivity (Wildman–Crippen MR) is 111 cm³/mol. The first-order valence-corrected chi connectivity index (χ1v) is 11.6. The van der Waals surface area contributed by atoms with E-state index in [4.69, 9.17) is 0 Å². The van der Waals surface area contributed by atoms with Gasteiger partial charge in [-0.05, 0) is 68.2 Å². The Hall–Kier alpha value is -2.18. The van der Waals surface area contributed by atoms with Crippen LogP contribution in [0.5, 0.6) is 0 Å². The number of nitrogens with one attached hydrogen (secondary N) is 1. The number of benzene rings is 2. The van der Waals surface area contributed by atoms with E-state index in [2.05, 4.69) is 10.2 Å². The van der Waals surface area contributed by atoms with Crippen LogP contribution in [0.3, 0.4) is 0 Å². The molecule has 0 unspecified atom stereocenters. The van der Waals surface area contributed by atoms with Crippen LogP contribution >= 0.6 is 0 Å². The highest BCUT2D eigenvalue weighted by Crippen LogP contribution is 2.18. The summed E-state index contributed by atoms with van der Waals surface area (Å²) < 4.78 is 23.1. The fourth-order valence-electron chi connectivity index (χ4n) is 3.50. The van der Waals surface area contributed by atoms with Crippen molar-refractivity contribution in [3.8, 4) is 0 Å². The van der Waals surface area contributed by atoms with Crippen molar-refractivity contribution in [1.29, 1.82) is 0 Å². The van der Waals surface area contributed by atoms with Gasteiger partial charge in [-0.15, -0.1) is 0 Å². The summed E-state index contributed by atoms with van der Waals surface area (Å²) in [6, 6.07) is 14.2. The summed E-state index contributed by atoms with van der Waals surface area (Å²) in [7, 11) is -3.22. The third-order valence-electron chi connectivity index (χ3n) is 5.23. The number of piperidine rings is 1. The van der Waals surface area contributed by atoms with Crippen LogP contribution in [-0.4, -0.2) is 38.6 Å². The topological polar surface area (TPSA) is 66.5 Å². The summed E-state index contributed by atoms with van der Waals surface area (Å²) in [6.07, 6.45) is 5.04. The number of hydrogen-bond donors (Lipinski definition) is 1. The molecule has 0 aliphatic carbocycles. The molecule has 0 spiro atoms. The minimum absolute atomic E-state index is 0.135. The van der Waals surface area contributed by atoms with Gasteiger partial charge in [0.05, 0.1) is 10.9 Å². The van der Waals surface area contributed by atoms with E-state index in [0.29, 0.717) is 5.56 Å². The minimum Gasteiger partial charge on any atom is -0.346 e. The number of hydrogen-bond acceptors (Lipinski definition) is 4. The Morgan fingerprint density at radius 2 is 1.61 bits per heavy atom. The number of likely N-dealkylation sites (tertiary alicyclic amines) is 1. The van der Waals surface area contributed by atoms with Crippen LogP contribution in [0, 0.1) is 0 Å². The summed E-state index contributed by atoms with van der Waals surface area (Å²) in [5, 5.41) is 2.97. The van der Waals surface area contributed by atoms with Gasteiger partial charge in [-0.25, -0.2) is 8.42 Å². The van der Waals surface area contributed by atoms with E-state index in [1.165, 1.54) is 31.1 Å². The van der Waals surface area contributed by atoms with Gasteiger partial charge in [0.25, 0.3) is 5.91 Å².